The number of aromatic nitrogens is 3. The van der Waals surface area contributed by atoms with Crippen LogP contribution in [0.5, 0.6) is 0 Å². The summed E-state index contributed by atoms with van der Waals surface area (Å²) in [4.78, 5) is 44.4. The maximum absolute atomic E-state index is 14.9. The van der Waals surface area contributed by atoms with Crippen LogP contribution in [0.25, 0.3) is 10.6 Å². The van der Waals surface area contributed by atoms with Crippen LogP contribution in [0.2, 0.25) is 0 Å². The zero-order valence-electron chi connectivity index (χ0n) is 26.0. The van der Waals surface area contributed by atoms with Crippen LogP contribution in [0.3, 0.4) is 0 Å². The van der Waals surface area contributed by atoms with E-state index in [2.05, 4.69) is 26.0 Å². The lowest BCUT2D eigenvalue weighted by molar-refractivity contribution is 0.0489. The summed E-state index contributed by atoms with van der Waals surface area (Å²) in [6.45, 7) is 10.2. The summed E-state index contributed by atoms with van der Waals surface area (Å²) in [5.74, 6) is -2.32. The highest BCUT2D eigenvalue weighted by Crippen LogP contribution is 2.36. The van der Waals surface area contributed by atoms with Crippen LogP contribution in [0.1, 0.15) is 58.5 Å². The first-order valence-corrected chi connectivity index (χ1v) is 14.9. The Bertz CT molecular complexity index is 1560. The molecule has 0 saturated carbocycles. The number of nitrogens with one attached hydrogen (secondary N) is 3. The highest BCUT2D eigenvalue weighted by molar-refractivity contribution is 7.19. The Kier molecular flexibility index (Phi) is 9.65. The van der Waals surface area contributed by atoms with Crippen LogP contribution in [0.15, 0.2) is 24.4 Å². The number of rotatable bonds is 6. The molecule has 2 atom stereocenters. The molecule has 1 fully saturated rings. The van der Waals surface area contributed by atoms with Crippen LogP contribution in [-0.4, -0.2) is 69.4 Å². The molecule has 2 aromatic heterocycles. The average molecular weight is 652 g/mol. The van der Waals surface area contributed by atoms with Crippen LogP contribution >= 0.6 is 11.3 Å². The third-order valence-electron chi connectivity index (χ3n) is 6.21. The number of ether oxygens (including phenoxy) is 2. The summed E-state index contributed by atoms with van der Waals surface area (Å²) in [5.41, 5.74) is -2.26. The van der Waals surface area contributed by atoms with E-state index in [1.807, 2.05) is 0 Å². The number of benzene rings is 1. The maximum atomic E-state index is 14.9. The lowest BCUT2D eigenvalue weighted by Gasteiger charge is -2.36. The predicted octanol–water partition coefficient (Wildman–Crippen LogP) is 5.86. The lowest BCUT2D eigenvalue weighted by Crippen LogP contribution is -2.53. The van der Waals surface area contributed by atoms with Gasteiger partial charge in [0.1, 0.15) is 44.7 Å². The van der Waals surface area contributed by atoms with Gasteiger partial charge >= 0.3 is 12.2 Å². The smallest absolute Gasteiger partial charge is 0.412 e. The summed E-state index contributed by atoms with van der Waals surface area (Å²) >= 11 is 0.685. The quantitative estimate of drug-likeness (QED) is 0.301. The Labute approximate surface area is 262 Å². The Morgan fingerprint density at radius 3 is 2.22 bits per heavy atom. The number of carbonyl (C=O) groups excluding carboxylic acids is 3. The molecule has 0 spiro atoms. The first kappa shape index (κ1) is 33.6. The third-order valence-corrected chi connectivity index (χ3v) is 7.20. The van der Waals surface area contributed by atoms with E-state index in [-0.39, 0.29) is 40.9 Å². The minimum atomic E-state index is -1.32. The molecular formula is C29H36F3N7O5S. The normalized spacial score (nSPS) is 17.1. The summed E-state index contributed by atoms with van der Waals surface area (Å²) < 4.78 is 56.2. The highest BCUT2D eigenvalue weighted by Gasteiger charge is 2.33. The van der Waals surface area contributed by atoms with E-state index < -0.39 is 58.7 Å². The number of thiazole rings is 1. The fraction of sp³-hybridized carbons (Fsp3) is 0.483. The molecule has 244 valence electrons. The molecule has 1 aliphatic heterocycles. The number of alkyl halides is 1. The Morgan fingerprint density at radius 2 is 1.60 bits per heavy atom. The van der Waals surface area contributed by atoms with Gasteiger partial charge in [0.15, 0.2) is 11.5 Å². The summed E-state index contributed by atoms with van der Waals surface area (Å²) in [5, 5.41) is 11.7. The molecule has 1 aromatic carbocycles. The van der Waals surface area contributed by atoms with Crippen LogP contribution < -0.4 is 20.9 Å². The molecule has 0 bridgehead atoms. The maximum Gasteiger partial charge on any atom is 0.412 e. The molecule has 0 unspecified atom stereocenters. The third kappa shape index (κ3) is 8.65. The van der Waals surface area contributed by atoms with Gasteiger partial charge < -0.3 is 25.0 Å². The second-order valence-electron chi connectivity index (χ2n) is 12.5. The van der Waals surface area contributed by atoms with Crippen molar-refractivity contribution in [1.82, 2.24) is 20.1 Å². The van der Waals surface area contributed by atoms with E-state index >= 15 is 0 Å². The van der Waals surface area contributed by atoms with E-state index in [0.29, 0.717) is 17.2 Å². The molecule has 4 rings (SSSR count). The zero-order chi connectivity index (χ0) is 33.3. The van der Waals surface area contributed by atoms with Gasteiger partial charge in [0.25, 0.3) is 5.91 Å². The number of aryl methyl sites for hydroxylation is 1. The van der Waals surface area contributed by atoms with Crippen LogP contribution in [0.4, 0.5) is 39.3 Å². The molecule has 0 aliphatic carbocycles. The van der Waals surface area contributed by atoms with Gasteiger partial charge in [-0.1, -0.05) is 17.4 Å². The number of hydrogen-bond acceptors (Lipinski definition) is 9. The number of nitrogens with zero attached hydrogens (tertiary/aromatic N) is 4. The van der Waals surface area contributed by atoms with Gasteiger partial charge in [-0.25, -0.2) is 27.7 Å². The summed E-state index contributed by atoms with van der Waals surface area (Å²) in [6, 6.07) is 2.67. The van der Waals surface area contributed by atoms with E-state index in [1.165, 1.54) is 16.9 Å². The molecule has 1 saturated heterocycles. The van der Waals surface area contributed by atoms with E-state index in [1.54, 1.807) is 53.5 Å². The summed E-state index contributed by atoms with van der Waals surface area (Å²) in [6.07, 6.45) is -1.51. The minimum Gasteiger partial charge on any atom is -0.444 e. The molecule has 3 aromatic rings. The van der Waals surface area contributed by atoms with Crippen molar-refractivity contribution >= 4 is 45.9 Å². The van der Waals surface area contributed by atoms with Gasteiger partial charge in [-0.15, -0.1) is 0 Å². The second kappa shape index (κ2) is 12.9. The van der Waals surface area contributed by atoms with Crippen molar-refractivity contribution < 1.29 is 37.0 Å². The number of amides is 3. The van der Waals surface area contributed by atoms with Crippen molar-refractivity contribution in [3.63, 3.8) is 0 Å². The molecule has 3 heterocycles. The average Bonchev–Trinajstić information content (AvgIpc) is 3.44. The second-order valence-corrected chi connectivity index (χ2v) is 13.5. The first-order chi connectivity index (χ1) is 20.9. The summed E-state index contributed by atoms with van der Waals surface area (Å²) in [7, 11) is 1.60. The standard InChI is InChI=1S/C29H36F3N7O5S/c1-28(2,3)43-26(41)34-16-11-15(30)13-39(14-16)25-19(12-33-38(25)7)35-22(40)21-24(37-27(42)44-29(4,5)6)45-23(36-21)20-17(31)9-8-10-18(20)32/h8-10,12,15-16H,11,13-14H2,1-7H3,(H,34,41)(H,35,40)(H,37,42)/t15-,16+/m0/s1. The van der Waals surface area contributed by atoms with E-state index in [4.69, 9.17) is 9.47 Å². The van der Waals surface area contributed by atoms with Gasteiger partial charge in [-0.05, 0) is 53.7 Å². The number of carbonyl (C=O) groups is 3. The van der Waals surface area contributed by atoms with Gasteiger partial charge in [0, 0.05) is 20.0 Å². The van der Waals surface area contributed by atoms with Gasteiger partial charge in [0.05, 0.1) is 24.3 Å². The predicted molar refractivity (Wildman–Crippen MR) is 163 cm³/mol. The molecule has 45 heavy (non-hydrogen) atoms. The van der Waals surface area contributed by atoms with Gasteiger partial charge in [-0.3, -0.25) is 14.8 Å². The van der Waals surface area contributed by atoms with Crippen molar-refractivity contribution in [2.75, 3.05) is 28.6 Å². The van der Waals surface area contributed by atoms with Crippen molar-refractivity contribution in [3.05, 3.63) is 41.7 Å². The van der Waals surface area contributed by atoms with Crippen molar-refractivity contribution in [2.45, 2.75) is 71.4 Å². The van der Waals surface area contributed by atoms with Crippen molar-refractivity contribution in [3.8, 4) is 10.6 Å². The topological polar surface area (TPSA) is 140 Å². The number of hydrogen-bond donors (Lipinski definition) is 3. The van der Waals surface area contributed by atoms with Gasteiger partial charge in [0.2, 0.25) is 0 Å². The Balaban J connectivity index is 1.62. The van der Waals surface area contributed by atoms with Crippen molar-refractivity contribution in [1.29, 1.82) is 0 Å². The monoisotopic (exact) mass is 651 g/mol. The fourth-order valence-corrected chi connectivity index (χ4v) is 5.63. The molecule has 1 aliphatic rings. The number of anilines is 3. The molecule has 3 amide bonds. The highest BCUT2D eigenvalue weighted by atomic mass is 32.1. The van der Waals surface area contributed by atoms with Crippen molar-refractivity contribution in [2.24, 2.45) is 7.05 Å². The minimum absolute atomic E-state index is 0.0479. The molecule has 12 nitrogen and oxygen atoms in total. The van der Waals surface area contributed by atoms with E-state index in [0.717, 1.165) is 12.1 Å². The largest absolute Gasteiger partial charge is 0.444 e. The van der Waals surface area contributed by atoms with Crippen LogP contribution in [0, 0.1) is 11.6 Å². The molecule has 3 N–H and O–H groups in total. The Morgan fingerprint density at radius 1 is 0.978 bits per heavy atom. The first-order valence-electron chi connectivity index (χ1n) is 14.1. The van der Waals surface area contributed by atoms with E-state index in [9.17, 15) is 27.6 Å². The Hall–Kier alpha value is -4.34. The molecule has 0 radical (unpaired) electrons. The number of piperidine rings is 1. The lowest BCUT2D eigenvalue weighted by atomic mass is 10.0. The molecule has 16 heteroatoms. The molecular weight excluding hydrogens is 615 g/mol. The number of halogens is 3. The number of alkyl carbamates (subject to hydrolysis) is 1. The van der Waals surface area contributed by atoms with Crippen LogP contribution in [-0.2, 0) is 16.5 Å². The fourth-order valence-electron chi connectivity index (χ4n) is 4.63. The SMILES string of the molecule is Cn1ncc(NC(=O)c2nc(-c3c(F)cccc3F)sc2NC(=O)OC(C)(C)C)c1N1C[C@@H](F)C[C@@H](NC(=O)OC(C)(C)C)C1. The van der Waals surface area contributed by atoms with Gasteiger partial charge in [-0.2, -0.15) is 5.10 Å². The zero-order valence-corrected chi connectivity index (χ0v) is 26.8.